The molecular formula is C19H26ClN3OS. The minimum absolute atomic E-state index is 0.00752. The Morgan fingerprint density at radius 3 is 2.68 bits per heavy atom. The molecule has 0 fully saturated rings. The van der Waals surface area contributed by atoms with Gasteiger partial charge in [-0.25, -0.2) is 4.98 Å². The highest BCUT2D eigenvalue weighted by atomic mass is 35.5. The average Bonchev–Trinajstić information content (AvgIpc) is 2.80. The molecule has 0 saturated carbocycles. The van der Waals surface area contributed by atoms with Gasteiger partial charge in [0.05, 0.1) is 17.5 Å². The van der Waals surface area contributed by atoms with E-state index in [0.29, 0.717) is 16.7 Å². The van der Waals surface area contributed by atoms with E-state index in [1.54, 1.807) is 0 Å². The van der Waals surface area contributed by atoms with E-state index in [-0.39, 0.29) is 11.9 Å². The zero-order valence-corrected chi connectivity index (χ0v) is 17.0. The van der Waals surface area contributed by atoms with Gasteiger partial charge >= 0.3 is 0 Å². The van der Waals surface area contributed by atoms with Crippen LogP contribution in [0.2, 0.25) is 5.02 Å². The summed E-state index contributed by atoms with van der Waals surface area (Å²) in [6.07, 6.45) is 0. The molecule has 0 spiro atoms. The number of amides is 1. The van der Waals surface area contributed by atoms with E-state index in [4.69, 9.17) is 11.6 Å². The van der Waals surface area contributed by atoms with E-state index >= 15 is 0 Å². The van der Waals surface area contributed by atoms with E-state index in [2.05, 4.69) is 35.6 Å². The van der Waals surface area contributed by atoms with Gasteiger partial charge in [0, 0.05) is 17.3 Å². The van der Waals surface area contributed by atoms with Crippen molar-refractivity contribution < 1.29 is 4.79 Å². The Morgan fingerprint density at radius 1 is 1.32 bits per heavy atom. The Bertz CT molecular complexity index is 742. The molecule has 1 N–H and O–H groups in total. The molecule has 1 unspecified atom stereocenters. The van der Waals surface area contributed by atoms with Gasteiger partial charge in [0.2, 0.25) is 5.91 Å². The smallest absolute Gasteiger partial charge is 0.230 e. The lowest BCUT2D eigenvalue weighted by molar-refractivity contribution is -0.119. The number of hydrogen-bond acceptors (Lipinski definition) is 3. The number of nitrogens with one attached hydrogen (secondary N) is 1. The highest BCUT2D eigenvalue weighted by molar-refractivity contribution is 7.99. The first-order chi connectivity index (χ1) is 11.8. The van der Waals surface area contributed by atoms with Crippen LogP contribution >= 0.6 is 23.4 Å². The van der Waals surface area contributed by atoms with Crippen molar-refractivity contribution in [3.63, 3.8) is 0 Å². The Balaban J connectivity index is 1.97. The number of rotatable bonds is 7. The molecule has 25 heavy (non-hydrogen) atoms. The van der Waals surface area contributed by atoms with Crippen LogP contribution in [-0.2, 0) is 11.3 Å². The van der Waals surface area contributed by atoms with Crippen molar-refractivity contribution in [2.45, 2.75) is 52.4 Å². The molecule has 1 aromatic carbocycles. The lowest BCUT2D eigenvalue weighted by atomic mass is 10.1. The lowest BCUT2D eigenvalue weighted by Crippen LogP contribution is -2.28. The summed E-state index contributed by atoms with van der Waals surface area (Å²) >= 11 is 7.50. The second-order valence-electron chi connectivity index (χ2n) is 6.70. The summed E-state index contributed by atoms with van der Waals surface area (Å²) in [6, 6.07) is 7.48. The Morgan fingerprint density at radius 2 is 2.04 bits per heavy atom. The quantitative estimate of drug-likeness (QED) is 0.704. The molecule has 2 aromatic rings. The molecule has 4 nitrogen and oxygen atoms in total. The number of benzene rings is 1. The molecular weight excluding hydrogens is 354 g/mol. The van der Waals surface area contributed by atoms with E-state index < -0.39 is 0 Å². The molecule has 0 aliphatic carbocycles. The van der Waals surface area contributed by atoms with Gasteiger partial charge in [-0.2, -0.15) is 0 Å². The van der Waals surface area contributed by atoms with Crippen molar-refractivity contribution in [3.8, 4) is 0 Å². The molecule has 0 saturated heterocycles. The Labute approximate surface area is 159 Å². The zero-order chi connectivity index (χ0) is 18.6. The SMILES string of the molecule is Cc1nc(SCC(=O)NC(C)c2cccc(Cl)c2)n(CC(C)C)c1C. The maximum atomic E-state index is 12.3. The molecule has 1 amide bonds. The zero-order valence-electron chi connectivity index (χ0n) is 15.5. The van der Waals surface area contributed by atoms with Gasteiger partial charge in [-0.1, -0.05) is 49.3 Å². The molecule has 0 aliphatic rings. The van der Waals surface area contributed by atoms with Gasteiger partial charge < -0.3 is 9.88 Å². The third kappa shape index (κ3) is 5.51. The van der Waals surface area contributed by atoms with Gasteiger partial charge in [0.25, 0.3) is 0 Å². The third-order valence-electron chi connectivity index (χ3n) is 4.03. The molecule has 1 atom stereocenters. The van der Waals surface area contributed by atoms with Crippen molar-refractivity contribution in [2.75, 3.05) is 5.75 Å². The first-order valence-corrected chi connectivity index (χ1v) is 9.85. The highest BCUT2D eigenvalue weighted by Crippen LogP contribution is 2.23. The van der Waals surface area contributed by atoms with Crippen LogP contribution in [0.5, 0.6) is 0 Å². The molecule has 1 heterocycles. The number of aromatic nitrogens is 2. The van der Waals surface area contributed by atoms with Crippen LogP contribution in [0.15, 0.2) is 29.4 Å². The fourth-order valence-corrected chi connectivity index (χ4v) is 3.70. The maximum Gasteiger partial charge on any atom is 0.230 e. The van der Waals surface area contributed by atoms with Crippen LogP contribution in [0.1, 0.15) is 43.8 Å². The van der Waals surface area contributed by atoms with Crippen LogP contribution in [0, 0.1) is 19.8 Å². The molecule has 6 heteroatoms. The van der Waals surface area contributed by atoms with Crippen molar-refractivity contribution in [1.29, 1.82) is 0 Å². The number of hydrogen-bond donors (Lipinski definition) is 1. The normalized spacial score (nSPS) is 12.4. The van der Waals surface area contributed by atoms with E-state index in [9.17, 15) is 4.79 Å². The largest absolute Gasteiger partial charge is 0.349 e. The summed E-state index contributed by atoms with van der Waals surface area (Å²) in [5.74, 6) is 0.869. The Hall–Kier alpha value is -1.46. The van der Waals surface area contributed by atoms with Gasteiger partial charge in [-0.05, 0) is 44.4 Å². The van der Waals surface area contributed by atoms with Crippen LogP contribution in [-0.4, -0.2) is 21.2 Å². The van der Waals surface area contributed by atoms with Gasteiger partial charge in [-0.15, -0.1) is 0 Å². The molecule has 2 rings (SSSR count). The Kier molecular flexibility index (Phi) is 6.96. The third-order valence-corrected chi connectivity index (χ3v) is 5.24. The molecule has 0 radical (unpaired) electrons. The summed E-state index contributed by atoms with van der Waals surface area (Å²) in [6.45, 7) is 11.3. The number of carbonyl (C=O) groups is 1. The minimum atomic E-state index is -0.0781. The number of aryl methyl sites for hydroxylation is 1. The maximum absolute atomic E-state index is 12.3. The summed E-state index contributed by atoms with van der Waals surface area (Å²) in [5.41, 5.74) is 3.19. The van der Waals surface area contributed by atoms with Crippen molar-refractivity contribution in [2.24, 2.45) is 5.92 Å². The van der Waals surface area contributed by atoms with E-state index in [1.807, 2.05) is 38.1 Å². The fourth-order valence-electron chi connectivity index (χ4n) is 2.59. The first kappa shape index (κ1) is 19.9. The van der Waals surface area contributed by atoms with Crippen molar-refractivity contribution in [3.05, 3.63) is 46.2 Å². The molecule has 0 bridgehead atoms. The average molecular weight is 380 g/mol. The second kappa shape index (κ2) is 8.77. The summed E-state index contributed by atoms with van der Waals surface area (Å²) in [4.78, 5) is 16.9. The predicted octanol–water partition coefficient (Wildman–Crippen LogP) is 4.78. The predicted molar refractivity (Wildman–Crippen MR) is 105 cm³/mol. The number of halogens is 1. The van der Waals surface area contributed by atoms with Gasteiger partial charge in [-0.3, -0.25) is 4.79 Å². The number of nitrogens with zero attached hydrogens (tertiary/aromatic N) is 2. The fraction of sp³-hybridized carbons (Fsp3) is 0.474. The molecule has 1 aromatic heterocycles. The van der Waals surface area contributed by atoms with Crippen LogP contribution in [0.4, 0.5) is 0 Å². The van der Waals surface area contributed by atoms with Crippen LogP contribution in [0.3, 0.4) is 0 Å². The topological polar surface area (TPSA) is 46.9 Å². The monoisotopic (exact) mass is 379 g/mol. The highest BCUT2D eigenvalue weighted by Gasteiger charge is 2.15. The number of thioether (sulfide) groups is 1. The number of carbonyl (C=O) groups excluding carboxylic acids is 1. The van der Waals surface area contributed by atoms with Crippen molar-refractivity contribution in [1.82, 2.24) is 14.9 Å². The molecule has 0 aliphatic heterocycles. The van der Waals surface area contributed by atoms with Crippen LogP contribution in [0.25, 0.3) is 0 Å². The van der Waals surface area contributed by atoms with Crippen molar-refractivity contribution >= 4 is 29.3 Å². The van der Waals surface area contributed by atoms with Gasteiger partial charge in [0.1, 0.15) is 0 Å². The summed E-state index contributed by atoms with van der Waals surface area (Å²) in [7, 11) is 0. The van der Waals surface area contributed by atoms with E-state index in [0.717, 1.165) is 23.0 Å². The van der Waals surface area contributed by atoms with Gasteiger partial charge in [0.15, 0.2) is 5.16 Å². The standard InChI is InChI=1S/C19H26ClN3OS/c1-12(2)10-23-15(5)13(3)22-19(23)25-11-18(24)21-14(4)16-7-6-8-17(20)9-16/h6-9,12,14H,10-11H2,1-5H3,(H,21,24). The van der Waals surface area contributed by atoms with E-state index in [1.165, 1.54) is 17.5 Å². The lowest BCUT2D eigenvalue weighted by Gasteiger charge is -2.15. The van der Waals surface area contributed by atoms with Crippen LogP contribution < -0.4 is 5.32 Å². The first-order valence-electron chi connectivity index (χ1n) is 8.49. The second-order valence-corrected chi connectivity index (χ2v) is 8.08. The summed E-state index contributed by atoms with van der Waals surface area (Å²) in [5, 5.41) is 4.61. The number of imidazole rings is 1. The molecule has 136 valence electrons. The minimum Gasteiger partial charge on any atom is -0.349 e. The summed E-state index contributed by atoms with van der Waals surface area (Å²) < 4.78 is 2.21.